The zero-order chi connectivity index (χ0) is 37.0. The molecule has 0 atom stereocenters. The Kier molecular flexibility index (Phi) is 7.38. The first-order valence-corrected chi connectivity index (χ1v) is 18.6. The number of fused-ring (bicyclic) bond motifs is 6. The van der Waals surface area contributed by atoms with E-state index in [2.05, 4.69) is 113 Å². The summed E-state index contributed by atoms with van der Waals surface area (Å²) in [6, 6.07) is 60.9. The van der Waals surface area contributed by atoms with E-state index < -0.39 is 0 Å². The summed E-state index contributed by atoms with van der Waals surface area (Å²) in [7, 11) is 0. The van der Waals surface area contributed by atoms with Crippen LogP contribution in [0.1, 0.15) is 0 Å². The van der Waals surface area contributed by atoms with Crippen LogP contribution in [0.5, 0.6) is 0 Å². The molecule has 4 aromatic heterocycles. The molecule has 262 valence electrons. The van der Waals surface area contributed by atoms with Gasteiger partial charge >= 0.3 is 0 Å². The molecule has 7 aromatic carbocycles. The fourth-order valence-electron chi connectivity index (χ4n) is 7.91. The van der Waals surface area contributed by atoms with Gasteiger partial charge in [-0.25, -0.2) is 15.0 Å². The SMILES string of the molecule is c1ccc(-c2nc(-c3cc(-c4ccncc4)cc(-c4ccc5c(c4)c4ccccc4n5-c4ccccc4)c3)nc(-c3cccc4c3oc3ccccc34)n2)cc1. The molecule has 0 radical (unpaired) electrons. The van der Waals surface area contributed by atoms with Crippen molar-refractivity contribution in [2.75, 3.05) is 0 Å². The highest BCUT2D eigenvalue weighted by atomic mass is 16.3. The number of hydrogen-bond donors (Lipinski definition) is 0. The van der Waals surface area contributed by atoms with Crippen LogP contribution in [-0.4, -0.2) is 24.5 Å². The van der Waals surface area contributed by atoms with E-state index in [9.17, 15) is 0 Å². The highest BCUT2D eigenvalue weighted by molar-refractivity contribution is 6.11. The lowest BCUT2D eigenvalue weighted by molar-refractivity contribution is 0.669. The minimum absolute atomic E-state index is 0.546. The molecule has 0 amide bonds. The van der Waals surface area contributed by atoms with E-state index in [-0.39, 0.29) is 0 Å². The smallest absolute Gasteiger partial charge is 0.167 e. The van der Waals surface area contributed by atoms with Crippen LogP contribution in [-0.2, 0) is 0 Å². The maximum atomic E-state index is 6.47. The summed E-state index contributed by atoms with van der Waals surface area (Å²) in [4.78, 5) is 19.8. The van der Waals surface area contributed by atoms with Crippen LogP contribution in [0.25, 0.3) is 106 Å². The minimum Gasteiger partial charge on any atom is -0.455 e. The van der Waals surface area contributed by atoms with E-state index in [0.29, 0.717) is 17.5 Å². The standard InChI is InChI=1S/C50H31N5O/c1-3-12-33(13-4-1)48-52-49(54-50(53-48)42-19-11-18-41-40-17-8-10-21-46(40)56-47(41)42)37-29-35(32-24-26-51-27-25-32)28-36(30-37)34-22-23-45-43(31-34)39-16-7-9-20-44(39)55(45)38-14-5-2-6-15-38/h1-31H. The topological polar surface area (TPSA) is 69.6 Å². The van der Waals surface area contributed by atoms with Crippen LogP contribution in [0.4, 0.5) is 0 Å². The second-order valence-electron chi connectivity index (χ2n) is 13.9. The number of hydrogen-bond acceptors (Lipinski definition) is 5. The van der Waals surface area contributed by atoms with Crippen molar-refractivity contribution in [1.82, 2.24) is 24.5 Å². The van der Waals surface area contributed by atoms with Gasteiger partial charge in [-0.05, 0) is 95.1 Å². The molecule has 4 heterocycles. The maximum absolute atomic E-state index is 6.47. The average Bonchev–Trinajstić information content (AvgIpc) is 3.83. The van der Waals surface area contributed by atoms with Crippen molar-refractivity contribution in [3.8, 4) is 62.1 Å². The summed E-state index contributed by atoms with van der Waals surface area (Å²) < 4.78 is 8.81. The van der Waals surface area contributed by atoms with Crippen LogP contribution in [0.3, 0.4) is 0 Å². The first-order chi connectivity index (χ1) is 27.7. The first kappa shape index (κ1) is 31.8. The Morgan fingerprint density at radius 3 is 1.82 bits per heavy atom. The van der Waals surface area contributed by atoms with E-state index in [0.717, 1.165) is 72.1 Å². The summed E-state index contributed by atoms with van der Waals surface area (Å²) >= 11 is 0. The third kappa shape index (κ3) is 5.35. The Morgan fingerprint density at radius 1 is 0.375 bits per heavy atom. The van der Waals surface area contributed by atoms with Gasteiger partial charge in [0.15, 0.2) is 17.5 Å². The van der Waals surface area contributed by atoms with Crippen LogP contribution in [0.15, 0.2) is 193 Å². The van der Waals surface area contributed by atoms with Gasteiger partial charge in [0.25, 0.3) is 0 Å². The Morgan fingerprint density at radius 2 is 1.00 bits per heavy atom. The predicted octanol–water partition coefficient (Wildman–Crippen LogP) is 12.6. The molecule has 11 rings (SSSR count). The molecule has 0 spiro atoms. The first-order valence-electron chi connectivity index (χ1n) is 18.6. The molecule has 0 aliphatic heterocycles. The number of pyridine rings is 1. The summed E-state index contributed by atoms with van der Waals surface area (Å²) in [6.07, 6.45) is 3.66. The van der Waals surface area contributed by atoms with Crippen molar-refractivity contribution in [2.45, 2.75) is 0 Å². The monoisotopic (exact) mass is 717 g/mol. The molecule has 0 aliphatic carbocycles. The lowest BCUT2D eigenvalue weighted by Crippen LogP contribution is -2.01. The molecule has 6 nitrogen and oxygen atoms in total. The number of rotatable bonds is 6. The molecular formula is C50H31N5O. The van der Waals surface area contributed by atoms with Gasteiger partial charge in [0.1, 0.15) is 11.2 Å². The van der Waals surface area contributed by atoms with Crippen molar-refractivity contribution >= 4 is 43.7 Å². The molecule has 56 heavy (non-hydrogen) atoms. The van der Waals surface area contributed by atoms with E-state index in [1.54, 1.807) is 0 Å². The highest BCUT2D eigenvalue weighted by Crippen LogP contribution is 2.39. The van der Waals surface area contributed by atoms with Gasteiger partial charge in [-0.15, -0.1) is 0 Å². The summed E-state index contributed by atoms with van der Waals surface area (Å²) in [5.74, 6) is 1.70. The van der Waals surface area contributed by atoms with Crippen molar-refractivity contribution in [2.24, 2.45) is 0 Å². The van der Waals surface area contributed by atoms with Crippen LogP contribution < -0.4 is 0 Å². The van der Waals surface area contributed by atoms with Gasteiger partial charge in [0, 0.05) is 50.8 Å². The second kappa shape index (κ2) is 13.0. The molecule has 0 saturated carbocycles. The number of furan rings is 1. The van der Waals surface area contributed by atoms with Crippen LogP contribution in [0, 0.1) is 0 Å². The molecular weight excluding hydrogens is 687 g/mol. The van der Waals surface area contributed by atoms with Crippen molar-refractivity contribution in [3.05, 3.63) is 188 Å². The molecule has 0 fully saturated rings. The van der Waals surface area contributed by atoms with E-state index >= 15 is 0 Å². The minimum atomic E-state index is 0.546. The molecule has 0 aliphatic rings. The Bertz CT molecular complexity index is 3240. The van der Waals surface area contributed by atoms with Gasteiger partial charge in [0.2, 0.25) is 0 Å². The molecule has 11 aromatic rings. The van der Waals surface area contributed by atoms with Crippen molar-refractivity contribution in [1.29, 1.82) is 0 Å². The fraction of sp³-hybridized carbons (Fsp3) is 0. The molecule has 0 saturated heterocycles. The molecule has 0 unspecified atom stereocenters. The lowest BCUT2D eigenvalue weighted by atomic mass is 9.95. The van der Waals surface area contributed by atoms with Gasteiger partial charge < -0.3 is 8.98 Å². The average molecular weight is 718 g/mol. The largest absolute Gasteiger partial charge is 0.455 e. The van der Waals surface area contributed by atoms with Crippen LogP contribution >= 0.6 is 0 Å². The third-order valence-corrected chi connectivity index (χ3v) is 10.5. The van der Waals surface area contributed by atoms with Crippen molar-refractivity contribution in [3.63, 3.8) is 0 Å². The Labute approximate surface area is 322 Å². The number of benzene rings is 7. The quantitative estimate of drug-likeness (QED) is 0.171. The van der Waals surface area contributed by atoms with Gasteiger partial charge in [-0.3, -0.25) is 4.98 Å². The van der Waals surface area contributed by atoms with Gasteiger partial charge in [-0.1, -0.05) is 103 Å². The molecule has 0 N–H and O–H groups in total. The normalized spacial score (nSPS) is 11.6. The Hall–Kier alpha value is -7.70. The third-order valence-electron chi connectivity index (χ3n) is 10.5. The number of nitrogens with zero attached hydrogens (tertiary/aromatic N) is 5. The summed E-state index contributed by atoms with van der Waals surface area (Å²) in [6.45, 7) is 0. The zero-order valence-corrected chi connectivity index (χ0v) is 30.0. The van der Waals surface area contributed by atoms with E-state index in [1.165, 1.54) is 16.3 Å². The second-order valence-corrected chi connectivity index (χ2v) is 13.9. The lowest BCUT2D eigenvalue weighted by Gasteiger charge is -2.13. The van der Waals surface area contributed by atoms with Gasteiger partial charge in [-0.2, -0.15) is 0 Å². The van der Waals surface area contributed by atoms with E-state index in [4.69, 9.17) is 19.4 Å². The summed E-state index contributed by atoms with van der Waals surface area (Å²) in [5.41, 5.74) is 11.8. The zero-order valence-electron chi connectivity index (χ0n) is 30.0. The number of aromatic nitrogens is 5. The van der Waals surface area contributed by atoms with Crippen LogP contribution in [0.2, 0.25) is 0 Å². The fourth-order valence-corrected chi connectivity index (χ4v) is 7.91. The number of para-hydroxylation sites is 4. The maximum Gasteiger partial charge on any atom is 0.167 e. The summed E-state index contributed by atoms with van der Waals surface area (Å²) in [5, 5.41) is 4.46. The van der Waals surface area contributed by atoms with E-state index in [1.807, 2.05) is 85.2 Å². The van der Waals surface area contributed by atoms with Gasteiger partial charge in [0.05, 0.1) is 16.6 Å². The predicted molar refractivity (Wildman–Crippen MR) is 226 cm³/mol. The molecule has 0 bridgehead atoms. The van der Waals surface area contributed by atoms with Crippen molar-refractivity contribution < 1.29 is 4.42 Å². The Balaban J connectivity index is 1.14. The highest BCUT2D eigenvalue weighted by Gasteiger charge is 2.19. The molecule has 6 heteroatoms.